The Kier molecular flexibility index (Phi) is 11.3. The molecule has 0 aromatic heterocycles. The van der Waals surface area contributed by atoms with E-state index in [0.29, 0.717) is 19.3 Å². The number of unbranched alkanes of at least 4 members (excludes halogenated alkanes) is 3. The minimum absolute atomic E-state index is 0.0867. The van der Waals surface area contributed by atoms with Crippen molar-refractivity contribution in [1.29, 1.82) is 0 Å². The van der Waals surface area contributed by atoms with Crippen molar-refractivity contribution in [2.45, 2.75) is 70.8 Å². The SMILES string of the molecule is CCCCCC(O)CCOC(=O)CCCCC(=O)O. The number of aliphatic hydroxyl groups excluding tert-OH is 1. The highest BCUT2D eigenvalue weighted by Gasteiger charge is 2.07. The normalized spacial score (nSPS) is 12.1. The van der Waals surface area contributed by atoms with Gasteiger partial charge in [0.2, 0.25) is 0 Å². The average molecular weight is 274 g/mol. The Balaban J connectivity index is 3.39. The molecule has 0 aromatic rings. The Labute approximate surface area is 115 Å². The lowest BCUT2D eigenvalue weighted by molar-refractivity contribution is -0.145. The molecule has 19 heavy (non-hydrogen) atoms. The van der Waals surface area contributed by atoms with Crippen molar-refractivity contribution in [3.63, 3.8) is 0 Å². The van der Waals surface area contributed by atoms with E-state index in [2.05, 4.69) is 6.92 Å². The van der Waals surface area contributed by atoms with Gasteiger partial charge in [0.25, 0.3) is 0 Å². The van der Waals surface area contributed by atoms with Gasteiger partial charge in [-0.3, -0.25) is 9.59 Å². The van der Waals surface area contributed by atoms with E-state index in [-0.39, 0.29) is 25.4 Å². The first-order valence-electron chi connectivity index (χ1n) is 7.11. The highest BCUT2D eigenvalue weighted by Crippen LogP contribution is 2.07. The van der Waals surface area contributed by atoms with Gasteiger partial charge in [0, 0.05) is 19.3 Å². The number of esters is 1. The first-order chi connectivity index (χ1) is 9.06. The van der Waals surface area contributed by atoms with Crippen molar-refractivity contribution in [3.05, 3.63) is 0 Å². The Morgan fingerprint density at radius 3 is 2.37 bits per heavy atom. The molecule has 5 heteroatoms. The molecule has 0 radical (unpaired) electrons. The second-order valence-corrected chi connectivity index (χ2v) is 4.76. The van der Waals surface area contributed by atoms with Crippen LogP contribution in [0.25, 0.3) is 0 Å². The number of carbonyl (C=O) groups is 2. The molecular weight excluding hydrogens is 248 g/mol. The van der Waals surface area contributed by atoms with Gasteiger partial charge in [-0.2, -0.15) is 0 Å². The monoisotopic (exact) mass is 274 g/mol. The number of rotatable bonds is 12. The molecule has 0 fully saturated rings. The van der Waals surface area contributed by atoms with Crippen molar-refractivity contribution in [3.8, 4) is 0 Å². The summed E-state index contributed by atoms with van der Waals surface area (Å²) in [6.45, 7) is 2.35. The highest BCUT2D eigenvalue weighted by molar-refractivity contribution is 5.69. The molecular formula is C14H26O5. The van der Waals surface area contributed by atoms with E-state index in [4.69, 9.17) is 9.84 Å². The topological polar surface area (TPSA) is 83.8 Å². The lowest BCUT2D eigenvalue weighted by atomic mass is 10.1. The van der Waals surface area contributed by atoms with Gasteiger partial charge in [-0.1, -0.05) is 26.2 Å². The van der Waals surface area contributed by atoms with Crippen molar-refractivity contribution in [2.75, 3.05) is 6.61 Å². The van der Waals surface area contributed by atoms with Gasteiger partial charge in [0.15, 0.2) is 0 Å². The lowest BCUT2D eigenvalue weighted by Gasteiger charge is -2.10. The van der Waals surface area contributed by atoms with E-state index < -0.39 is 12.1 Å². The summed E-state index contributed by atoms with van der Waals surface area (Å²) in [7, 11) is 0. The van der Waals surface area contributed by atoms with Crippen molar-refractivity contribution >= 4 is 11.9 Å². The van der Waals surface area contributed by atoms with Crippen LogP contribution in [0, 0.1) is 0 Å². The smallest absolute Gasteiger partial charge is 0.305 e. The van der Waals surface area contributed by atoms with Crippen LogP contribution in [0.5, 0.6) is 0 Å². The standard InChI is InChI=1S/C14H26O5/c1-2-3-4-7-12(15)10-11-19-14(18)9-6-5-8-13(16)17/h12,15H,2-11H2,1H3,(H,16,17). The van der Waals surface area contributed by atoms with Gasteiger partial charge in [-0.15, -0.1) is 0 Å². The van der Waals surface area contributed by atoms with Gasteiger partial charge in [-0.05, 0) is 19.3 Å². The molecule has 0 spiro atoms. The fraction of sp³-hybridized carbons (Fsp3) is 0.857. The molecule has 5 nitrogen and oxygen atoms in total. The largest absolute Gasteiger partial charge is 0.481 e. The number of carboxylic acids is 1. The molecule has 0 saturated heterocycles. The summed E-state index contributed by atoms with van der Waals surface area (Å²) >= 11 is 0. The molecule has 112 valence electrons. The fourth-order valence-corrected chi connectivity index (χ4v) is 1.70. The van der Waals surface area contributed by atoms with Gasteiger partial charge in [-0.25, -0.2) is 0 Å². The maximum Gasteiger partial charge on any atom is 0.305 e. The quantitative estimate of drug-likeness (QED) is 0.422. The molecule has 2 N–H and O–H groups in total. The summed E-state index contributed by atoms with van der Waals surface area (Å²) in [5.74, 6) is -1.16. The van der Waals surface area contributed by atoms with Gasteiger partial charge in [0.1, 0.15) is 0 Å². The lowest BCUT2D eigenvalue weighted by Crippen LogP contribution is -2.13. The minimum Gasteiger partial charge on any atom is -0.481 e. The van der Waals surface area contributed by atoms with Crippen LogP contribution in [-0.2, 0) is 14.3 Å². The van der Waals surface area contributed by atoms with Gasteiger partial charge >= 0.3 is 11.9 Å². The third-order valence-electron chi connectivity index (χ3n) is 2.88. The van der Waals surface area contributed by atoms with E-state index in [0.717, 1.165) is 25.7 Å². The van der Waals surface area contributed by atoms with Gasteiger partial charge < -0.3 is 14.9 Å². The summed E-state index contributed by atoms with van der Waals surface area (Å²) in [4.78, 5) is 21.5. The zero-order valence-corrected chi connectivity index (χ0v) is 11.8. The molecule has 0 aliphatic rings. The molecule has 0 aliphatic heterocycles. The fourth-order valence-electron chi connectivity index (χ4n) is 1.70. The second-order valence-electron chi connectivity index (χ2n) is 4.76. The number of hydrogen-bond acceptors (Lipinski definition) is 4. The molecule has 0 rings (SSSR count). The average Bonchev–Trinajstić information content (AvgIpc) is 2.35. The number of aliphatic carboxylic acids is 1. The van der Waals surface area contributed by atoms with Crippen LogP contribution in [0.2, 0.25) is 0 Å². The van der Waals surface area contributed by atoms with Crippen LogP contribution < -0.4 is 0 Å². The van der Waals surface area contributed by atoms with Crippen LogP contribution in [0.1, 0.15) is 64.7 Å². The molecule has 1 unspecified atom stereocenters. The third kappa shape index (κ3) is 13.1. The van der Waals surface area contributed by atoms with Crippen molar-refractivity contribution in [2.24, 2.45) is 0 Å². The summed E-state index contributed by atoms with van der Waals surface area (Å²) in [5, 5.41) is 18.0. The van der Waals surface area contributed by atoms with Crippen molar-refractivity contribution in [1.82, 2.24) is 0 Å². The molecule has 0 heterocycles. The predicted octanol–water partition coefficient (Wildman–Crippen LogP) is 2.51. The Morgan fingerprint density at radius 1 is 1.05 bits per heavy atom. The molecule has 0 saturated carbocycles. The summed E-state index contributed by atoms with van der Waals surface area (Å²) in [5.41, 5.74) is 0. The zero-order valence-electron chi connectivity index (χ0n) is 11.8. The van der Waals surface area contributed by atoms with Crippen molar-refractivity contribution < 1.29 is 24.5 Å². The van der Waals surface area contributed by atoms with E-state index in [9.17, 15) is 14.7 Å². The van der Waals surface area contributed by atoms with E-state index in [1.54, 1.807) is 0 Å². The summed E-state index contributed by atoms with van der Waals surface area (Å²) in [6.07, 6.45) is 5.43. The maximum atomic E-state index is 11.3. The Bertz CT molecular complexity index is 252. The second kappa shape index (κ2) is 12.0. The first-order valence-corrected chi connectivity index (χ1v) is 7.11. The first kappa shape index (κ1) is 17.9. The van der Waals surface area contributed by atoms with Crippen LogP contribution in [-0.4, -0.2) is 34.9 Å². The predicted molar refractivity (Wildman–Crippen MR) is 71.8 cm³/mol. The number of carboxylic acid groups (broad SMARTS) is 1. The summed E-state index contributed by atoms with van der Waals surface area (Å²) < 4.78 is 4.98. The summed E-state index contributed by atoms with van der Waals surface area (Å²) in [6, 6.07) is 0. The number of aliphatic hydroxyl groups is 1. The molecule has 0 amide bonds. The minimum atomic E-state index is -0.844. The maximum absolute atomic E-state index is 11.3. The van der Waals surface area contributed by atoms with Crippen LogP contribution >= 0.6 is 0 Å². The van der Waals surface area contributed by atoms with E-state index >= 15 is 0 Å². The van der Waals surface area contributed by atoms with Crippen LogP contribution in [0.4, 0.5) is 0 Å². The molecule has 0 aliphatic carbocycles. The zero-order chi connectivity index (χ0) is 14.5. The van der Waals surface area contributed by atoms with Crippen LogP contribution in [0.15, 0.2) is 0 Å². The molecule has 0 aromatic carbocycles. The number of ether oxygens (including phenoxy) is 1. The number of carbonyl (C=O) groups excluding carboxylic acids is 1. The third-order valence-corrected chi connectivity index (χ3v) is 2.88. The van der Waals surface area contributed by atoms with Gasteiger partial charge in [0.05, 0.1) is 12.7 Å². The molecule has 1 atom stereocenters. The Hall–Kier alpha value is -1.10. The van der Waals surface area contributed by atoms with E-state index in [1.807, 2.05) is 0 Å². The number of hydrogen-bond donors (Lipinski definition) is 2. The van der Waals surface area contributed by atoms with Crippen LogP contribution in [0.3, 0.4) is 0 Å². The molecule has 0 bridgehead atoms. The Morgan fingerprint density at radius 2 is 1.74 bits per heavy atom. The highest BCUT2D eigenvalue weighted by atomic mass is 16.5. The van der Waals surface area contributed by atoms with E-state index in [1.165, 1.54) is 0 Å².